The molecule has 0 radical (unpaired) electrons. The van der Waals surface area contributed by atoms with E-state index in [0.717, 1.165) is 31.5 Å². The number of piperidine rings is 1. The van der Waals surface area contributed by atoms with Crippen molar-refractivity contribution < 1.29 is 0 Å². The zero-order chi connectivity index (χ0) is 25.8. The summed E-state index contributed by atoms with van der Waals surface area (Å²) in [5.41, 5.74) is 4.46. The van der Waals surface area contributed by atoms with Gasteiger partial charge < -0.3 is 25.1 Å². The van der Waals surface area contributed by atoms with E-state index < -0.39 is 0 Å². The summed E-state index contributed by atoms with van der Waals surface area (Å²) in [6, 6.07) is 1.28. The van der Waals surface area contributed by atoms with Crippen LogP contribution in [-0.2, 0) is 13.1 Å². The van der Waals surface area contributed by atoms with Gasteiger partial charge in [0, 0.05) is 63.6 Å². The normalized spacial score (nSPS) is 29.1. The summed E-state index contributed by atoms with van der Waals surface area (Å²) in [6.45, 7) is 23.3. The van der Waals surface area contributed by atoms with Crippen LogP contribution in [0.2, 0.25) is 0 Å². The molecule has 4 atom stereocenters. The molecule has 0 saturated carbocycles. The van der Waals surface area contributed by atoms with Gasteiger partial charge in [-0.15, -0.1) is 0 Å². The van der Waals surface area contributed by atoms with Crippen molar-refractivity contribution in [3.8, 4) is 0 Å². The monoisotopic (exact) mass is 490 g/mol. The summed E-state index contributed by atoms with van der Waals surface area (Å²) in [6.07, 6.45) is 7.17. The molecular weight excluding hydrogens is 436 g/mol. The summed E-state index contributed by atoms with van der Waals surface area (Å²) in [7, 11) is 4.39. The highest BCUT2D eigenvalue weighted by Crippen LogP contribution is 2.24. The van der Waals surface area contributed by atoms with Crippen LogP contribution in [0.1, 0.15) is 53.7 Å². The van der Waals surface area contributed by atoms with E-state index in [-0.39, 0.29) is 0 Å². The van der Waals surface area contributed by atoms with Crippen LogP contribution in [0.5, 0.6) is 0 Å². The van der Waals surface area contributed by atoms with E-state index >= 15 is 0 Å². The summed E-state index contributed by atoms with van der Waals surface area (Å²) in [5, 5.41) is 7.48. The summed E-state index contributed by atoms with van der Waals surface area (Å²) in [4.78, 5) is 11.4. The Morgan fingerprint density at radius 1 is 0.914 bits per heavy atom. The molecule has 3 fully saturated rings. The number of rotatable bonds is 1. The van der Waals surface area contributed by atoms with Crippen molar-refractivity contribution in [3.05, 3.63) is 18.2 Å². The SMILES string of the molecule is CC.CC.CC(C)N1CCn2cncc2C1.CN1CC2CNCC2C1.CN1CCC2NN=CC2C1. The molecule has 2 N–H and O–H groups in total. The summed E-state index contributed by atoms with van der Waals surface area (Å²) in [5.74, 6) is 2.60. The topological polar surface area (TPSA) is 64.0 Å². The number of nitrogens with one attached hydrogen (secondary N) is 2. The fraction of sp³-hybridized carbons (Fsp3) is 0.852. The molecule has 5 aliphatic rings. The lowest BCUT2D eigenvalue weighted by atomic mass is 9.95. The Labute approximate surface area is 215 Å². The Morgan fingerprint density at radius 2 is 1.60 bits per heavy atom. The van der Waals surface area contributed by atoms with Crippen molar-refractivity contribution in [2.24, 2.45) is 22.9 Å². The average Bonchev–Trinajstić information content (AvgIpc) is 3.66. The second-order valence-corrected chi connectivity index (χ2v) is 10.3. The van der Waals surface area contributed by atoms with Crippen LogP contribution < -0.4 is 10.7 Å². The highest BCUT2D eigenvalue weighted by molar-refractivity contribution is 5.64. The third kappa shape index (κ3) is 8.85. The van der Waals surface area contributed by atoms with Crippen molar-refractivity contribution in [1.82, 2.24) is 35.0 Å². The predicted octanol–water partition coefficient (Wildman–Crippen LogP) is 2.82. The lowest BCUT2D eigenvalue weighted by Gasteiger charge is -2.31. The van der Waals surface area contributed by atoms with Gasteiger partial charge in [0.25, 0.3) is 0 Å². The Hall–Kier alpha value is -1.48. The first-order chi connectivity index (χ1) is 17.0. The molecule has 0 spiro atoms. The minimum Gasteiger partial charge on any atom is -0.332 e. The molecule has 35 heavy (non-hydrogen) atoms. The van der Waals surface area contributed by atoms with Crippen LogP contribution in [0, 0.1) is 17.8 Å². The minimum atomic E-state index is 0.635. The molecule has 6 rings (SSSR count). The Kier molecular flexibility index (Phi) is 13.3. The molecule has 8 nitrogen and oxygen atoms in total. The minimum absolute atomic E-state index is 0.635. The first-order valence-electron chi connectivity index (χ1n) is 14.1. The fourth-order valence-corrected chi connectivity index (χ4v) is 5.43. The molecule has 8 heteroatoms. The maximum absolute atomic E-state index is 4.13. The Balaban J connectivity index is 0.000000174. The van der Waals surface area contributed by atoms with Gasteiger partial charge in [-0.05, 0) is 65.8 Å². The zero-order valence-corrected chi connectivity index (χ0v) is 23.9. The molecule has 0 aromatic carbocycles. The number of hydrazone groups is 1. The smallest absolute Gasteiger partial charge is 0.0949 e. The lowest BCUT2D eigenvalue weighted by Crippen LogP contribution is -2.43. The summed E-state index contributed by atoms with van der Waals surface area (Å²) < 4.78 is 2.24. The van der Waals surface area contributed by atoms with Gasteiger partial charge >= 0.3 is 0 Å². The maximum Gasteiger partial charge on any atom is 0.0949 e. The second kappa shape index (κ2) is 15.6. The molecule has 3 saturated heterocycles. The number of nitrogens with zero attached hydrogens (tertiary/aromatic N) is 6. The van der Waals surface area contributed by atoms with Crippen LogP contribution in [0.4, 0.5) is 0 Å². The molecule has 1 aromatic heterocycles. The van der Waals surface area contributed by atoms with Gasteiger partial charge in [-0.1, -0.05) is 27.7 Å². The molecule has 0 aliphatic carbocycles. The van der Waals surface area contributed by atoms with E-state index in [1.54, 1.807) is 0 Å². The molecule has 6 heterocycles. The Morgan fingerprint density at radius 3 is 2.26 bits per heavy atom. The van der Waals surface area contributed by atoms with Gasteiger partial charge in [-0.25, -0.2) is 4.98 Å². The molecule has 5 aliphatic heterocycles. The van der Waals surface area contributed by atoms with Crippen molar-refractivity contribution in [3.63, 3.8) is 0 Å². The van der Waals surface area contributed by atoms with E-state index in [0.29, 0.717) is 18.0 Å². The van der Waals surface area contributed by atoms with Crippen molar-refractivity contribution in [2.75, 3.05) is 59.9 Å². The van der Waals surface area contributed by atoms with Crippen molar-refractivity contribution in [2.45, 2.75) is 73.1 Å². The second-order valence-electron chi connectivity index (χ2n) is 10.3. The van der Waals surface area contributed by atoms with Gasteiger partial charge in [0.2, 0.25) is 0 Å². The number of hydrogen-bond donors (Lipinski definition) is 2. The van der Waals surface area contributed by atoms with Crippen LogP contribution >= 0.6 is 0 Å². The zero-order valence-electron chi connectivity index (χ0n) is 23.9. The van der Waals surface area contributed by atoms with Crippen LogP contribution in [0.3, 0.4) is 0 Å². The van der Waals surface area contributed by atoms with E-state index in [9.17, 15) is 0 Å². The molecular formula is C27H54N8. The van der Waals surface area contributed by atoms with Crippen LogP contribution in [-0.4, -0.2) is 102 Å². The first kappa shape index (κ1) is 29.7. The van der Waals surface area contributed by atoms with E-state index in [1.807, 2.05) is 46.4 Å². The van der Waals surface area contributed by atoms with Gasteiger partial charge in [-0.2, -0.15) is 5.10 Å². The molecule has 0 amide bonds. The highest BCUT2D eigenvalue weighted by Gasteiger charge is 2.34. The molecule has 1 aromatic rings. The lowest BCUT2D eigenvalue weighted by molar-refractivity contribution is 0.177. The summed E-state index contributed by atoms with van der Waals surface area (Å²) >= 11 is 0. The third-order valence-electron chi connectivity index (χ3n) is 7.46. The number of imidazole rings is 1. The van der Waals surface area contributed by atoms with E-state index in [4.69, 9.17) is 0 Å². The van der Waals surface area contributed by atoms with Gasteiger partial charge in [0.05, 0.1) is 18.1 Å². The fourth-order valence-electron chi connectivity index (χ4n) is 5.43. The maximum atomic E-state index is 4.13. The number of fused-ring (bicyclic) bond motifs is 3. The van der Waals surface area contributed by atoms with Gasteiger partial charge in [0.15, 0.2) is 0 Å². The van der Waals surface area contributed by atoms with Crippen LogP contribution in [0.15, 0.2) is 17.6 Å². The van der Waals surface area contributed by atoms with Crippen LogP contribution in [0.25, 0.3) is 0 Å². The van der Waals surface area contributed by atoms with Gasteiger partial charge in [0.1, 0.15) is 0 Å². The molecule has 202 valence electrons. The molecule has 0 bridgehead atoms. The van der Waals surface area contributed by atoms with Crippen molar-refractivity contribution in [1.29, 1.82) is 0 Å². The highest BCUT2D eigenvalue weighted by atomic mass is 15.3. The molecule has 4 unspecified atom stereocenters. The number of aromatic nitrogens is 2. The number of likely N-dealkylation sites (tertiary alicyclic amines) is 2. The van der Waals surface area contributed by atoms with Gasteiger partial charge in [-0.3, -0.25) is 4.90 Å². The standard InChI is InChI=1S/C9H15N3.C7H13N3.C7H14N2.2C2H6/c1-8(2)11-3-4-12-7-10-5-9(12)6-11;1-10-3-2-7-6(5-10)4-8-9-7;1-9-4-6-2-8-3-7(6)5-9;2*1-2/h5,7-8H,3-4,6H2,1-2H3;4,6-7,9H,2-3,5H2,1H3;6-8H,2-5H2,1H3;2*1-2H3. The predicted molar refractivity (Wildman–Crippen MR) is 149 cm³/mol. The quantitative estimate of drug-likeness (QED) is 0.631. The first-order valence-corrected chi connectivity index (χ1v) is 14.1. The average molecular weight is 491 g/mol. The third-order valence-corrected chi connectivity index (χ3v) is 7.46. The number of hydrogen-bond acceptors (Lipinski definition) is 7. The van der Waals surface area contributed by atoms with E-state index in [2.05, 4.69) is 68.0 Å². The van der Waals surface area contributed by atoms with Crippen molar-refractivity contribution >= 4 is 6.21 Å². The van der Waals surface area contributed by atoms with E-state index in [1.165, 1.54) is 51.4 Å². The Bertz CT molecular complexity index is 706. The largest absolute Gasteiger partial charge is 0.332 e.